The number of rotatable bonds is 4. The van der Waals surface area contributed by atoms with Gasteiger partial charge in [0.1, 0.15) is 0 Å². The molecule has 1 rings (SSSR count). The Morgan fingerprint density at radius 1 is 1.33 bits per heavy atom. The first-order valence-electron chi connectivity index (χ1n) is 4.96. The average Bonchev–Trinajstić information content (AvgIpc) is 2.27. The SMILES string of the molecule is N[C@H](C[C@@H](O)c1ccc([N+](=O)[O-])cc1)C(Cl)(Cl)Cl. The van der Waals surface area contributed by atoms with Gasteiger partial charge in [-0.05, 0) is 24.1 Å². The molecule has 0 aliphatic carbocycles. The number of nitro groups is 1. The van der Waals surface area contributed by atoms with Gasteiger partial charge < -0.3 is 10.8 Å². The van der Waals surface area contributed by atoms with Gasteiger partial charge in [-0.2, -0.15) is 0 Å². The van der Waals surface area contributed by atoms with Crippen LogP contribution >= 0.6 is 34.8 Å². The van der Waals surface area contributed by atoms with Crippen molar-refractivity contribution < 1.29 is 10.0 Å². The lowest BCUT2D eigenvalue weighted by Gasteiger charge is -2.22. The Kier molecular flexibility index (Phi) is 5.19. The molecule has 18 heavy (non-hydrogen) atoms. The van der Waals surface area contributed by atoms with Gasteiger partial charge in [0.05, 0.1) is 17.1 Å². The van der Waals surface area contributed by atoms with Gasteiger partial charge in [-0.1, -0.05) is 34.8 Å². The summed E-state index contributed by atoms with van der Waals surface area (Å²) in [6.07, 6.45) is -0.912. The summed E-state index contributed by atoms with van der Waals surface area (Å²) in [5.41, 5.74) is 6.02. The van der Waals surface area contributed by atoms with Crippen LogP contribution in [-0.2, 0) is 0 Å². The van der Waals surface area contributed by atoms with Crippen LogP contribution in [-0.4, -0.2) is 19.9 Å². The maximum absolute atomic E-state index is 10.5. The first-order valence-corrected chi connectivity index (χ1v) is 6.10. The molecule has 0 spiro atoms. The fraction of sp³-hybridized carbons (Fsp3) is 0.400. The van der Waals surface area contributed by atoms with Gasteiger partial charge in [0.25, 0.3) is 5.69 Å². The normalized spacial score (nSPS) is 15.2. The Morgan fingerprint density at radius 2 is 1.83 bits per heavy atom. The van der Waals surface area contributed by atoms with Crippen molar-refractivity contribution in [1.29, 1.82) is 0 Å². The Morgan fingerprint density at radius 3 is 2.22 bits per heavy atom. The number of benzene rings is 1. The minimum absolute atomic E-state index is 0.0360. The summed E-state index contributed by atoms with van der Waals surface area (Å²) >= 11 is 16.8. The van der Waals surface area contributed by atoms with Crippen LogP contribution in [0.3, 0.4) is 0 Å². The van der Waals surface area contributed by atoms with Gasteiger partial charge in [0.2, 0.25) is 3.79 Å². The van der Waals surface area contributed by atoms with Crippen LogP contribution in [0.5, 0.6) is 0 Å². The van der Waals surface area contributed by atoms with Gasteiger partial charge in [-0.15, -0.1) is 0 Å². The van der Waals surface area contributed by atoms with Crippen molar-refractivity contribution in [3.63, 3.8) is 0 Å². The van der Waals surface area contributed by atoms with Crippen molar-refractivity contribution in [2.75, 3.05) is 0 Å². The van der Waals surface area contributed by atoms with Crippen LogP contribution in [0.4, 0.5) is 5.69 Å². The third kappa shape index (κ3) is 4.26. The van der Waals surface area contributed by atoms with E-state index in [-0.39, 0.29) is 12.1 Å². The number of halogens is 3. The highest BCUT2D eigenvalue weighted by Crippen LogP contribution is 2.33. The number of nitrogens with two attached hydrogens (primary N) is 1. The third-order valence-electron chi connectivity index (χ3n) is 2.39. The predicted molar refractivity (Wildman–Crippen MR) is 70.9 cm³/mol. The summed E-state index contributed by atoms with van der Waals surface area (Å²) in [7, 11) is 0. The standard InChI is InChI=1S/C10H11Cl3N2O3/c11-10(12,13)9(14)5-8(16)6-1-3-7(4-2-6)15(17)18/h1-4,8-9,16H,5,14H2/t8-,9-/m1/s1. The maximum Gasteiger partial charge on any atom is 0.269 e. The molecule has 100 valence electrons. The zero-order valence-corrected chi connectivity index (χ0v) is 11.4. The van der Waals surface area contributed by atoms with E-state index in [1.807, 2.05) is 0 Å². The lowest BCUT2D eigenvalue weighted by molar-refractivity contribution is -0.384. The van der Waals surface area contributed by atoms with E-state index in [1.54, 1.807) is 0 Å². The third-order valence-corrected chi connectivity index (χ3v) is 3.23. The molecule has 0 aliphatic rings. The van der Waals surface area contributed by atoms with Crippen LogP contribution in [0.15, 0.2) is 24.3 Å². The van der Waals surface area contributed by atoms with E-state index in [0.717, 1.165) is 0 Å². The van der Waals surface area contributed by atoms with Crippen LogP contribution in [0.2, 0.25) is 0 Å². The number of nitro benzene ring substituents is 1. The smallest absolute Gasteiger partial charge is 0.269 e. The highest BCUT2D eigenvalue weighted by Gasteiger charge is 2.31. The molecule has 0 unspecified atom stereocenters. The van der Waals surface area contributed by atoms with Gasteiger partial charge in [-0.3, -0.25) is 10.1 Å². The Labute approximate surface area is 119 Å². The molecule has 1 aromatic rings. The molecule has 0 aromatic heterocycles. The molecule has 0 aliphatic heterocycles. The van der Waals surface area contributed by atoms with Crippen molar-refractivity contribution in [2.45, 2.75) is 22.4 Å². The van der Waals surface area contributed by atoms with E-state index in [2.05, 4.69) is 0 Å². The van der Waals surface area contributed by atoms with Gasteiger partial charge >= 0.3 is 0 Å². The fourth-order valence-electron chi connectivity index (χ4n) is 1.33. The molecule has 0 saturated carbocycles. The number of hydrogen-bond donors (Lipinski definition) is 2. The first-order chi connectivity index (χ1) is 8.21. The van der Waals surface area contributed by atoms with Crippen LogP contribution in [0.25, 0.3) is 0 Å². The number of aliphatic hydroxyl groups is 1. The minimum atomic E-state index is -1.66. The summed E-state index contributed by atoms with van der Waals surface area (Å²) < 4.78 is -1.66. The maximum atomic E-state index is 10.5. The lowest BCUT2D eigenvalue weighted by atomic mass is 10.0. The summed E-state index contributed by atoms with van der Waals surface area (Å²) in [4.78, 5) is 9.94. The van der Waals surface area contributed by atoms with Crippen molar-refractivity contribution in [2.24, 2.45) is 5.73 Å². The molecular formula is C10H11Cl3N2O3. The second-order valence-electron chi connectivity index (χ2n) is 3.75. The van der Waals surface area contributed by atoms with Crippen molar-refractivity contribution in [3.05, 3.63) is 39.9 Å². The molecule has 2 atom stereocenters. The molecule has 3 N–H and O–H groups in total. The van der Waals surface area contributed by atoms with Crippen molar-refractivity contribution in [3.8, 4) is 0 Å². The number of alkyl halides is 3. The molecule has 0 bridgehead atoms. The van der Waals surface area contributed by atoms with Gasteiger partial charge in [0, 0.05) is 12.1 Å². The minimum Gasteiger partial charge on any atom is -0.388 e. The molecule has 0 amide bonds. The predicted octanol–water partition coefficient (Wildman–Crippen LogP) is 2.72. The zero-order chi connectivity index (χ0) is 13.9. The second kappa shape index (κ2) is 6.04. The summed E-state index contributed by atoms with van der Waals surface area (Å²) in [5, 5.41) is 20.3. The van der Waals surface area contributed by atoms with Crippen LogP contribution in [0.1, 0.15) is 18.1 Å². The van der Waals surface area contributed by atoms with Crippen molar-refractivity contribution >= 4 is 40.5 Å². The van der Waals surface area contributed by atoms with Crippen molar-refractivity contribution in [1.82, 2.24) is 0 Å². The monoisotopic (exact) mass is 312 g/mol. The number of hydrogen-bond acceptors (Lipinski definition) is 4. The molecule has 0 saturated heterocycles. The van der Waals surface area contributed by atoms with E-state index in [9.17, 15) is 15.2 Å². The molecule has 1 aromatic carbocycles. The first kappa shape index (κ1) is 15.5. The second-order valence-corrected chi connectivity index (χ2v) is 6.12. The molecule has 0 heterocycles. The Bertz CT molecular complexity index is 419. The highest BCUT2D eigenvalue weighted by molar-refractivity contribution is 6.68. The number of nitrogens with zero attached hydrogens (tertiary/aromatic N) is 1. The quantitative estimate of drug-likeness (QED) is 0.508. The van der Waals surface area contributed by atoms with E-state index >= 15 is 0 Å². The highest BCUT2D eigenvalue weighted by atomic mass is 35.6. The summed E-state index contributed by atoms with van der Waals surface area (Å²) in [6, 6.07) is 4.62. The fourth-order valence-corrected chi connectivity index (χ4v) is 1.60. The van der Waals surface area contributed by atoms with Gasteiger partial charge in [0.15, 0.2) is 0 Å². The van der Waals surface area contributed by atoms with E-state index < -0.39 is 20.9 Å². The molecule has 5 nitrogen and oxygen atoms in total. The van der Waals surface area contributed by atoms with Gasteiger partial charge in [-0.25, -0.2) is 0 Å². The summed E-state index contributed by atoms with van der Waals surface area (Å²) in [6.45, 7) is 0. The zero-order valence-electron chi connectivity index (χ0n) is 9.09. The van der Waals surface area contributed by atoms with E-state index in [0.29, 0.717) is 5.56 Å². The van der Waals surface area contributed by atoms with E-state index in [4.69, 9.17) is 40.5 Å². The number of aliphatic hydroxyl groups excluding tert-OH is 1. The molecular weight excluding hydrogens is 302 g/mol. The lowest BCUT2D eigenvalue weighted by Crippen LogP contribution is -2.36. The average molecular weight is 314 g/mol. The van der Waals surface area contributed by atoms with Crippen LogP contribution in [0, 0.1) is 10.1 Å². The van der Waals surface area contributed by atoms with Crippen LogP contribution < -0.4 is 5.73 Å². The molecule has 0 radical (unpaired) electrons. The largest absolute Gasteiger partial charge is 0.388 e. The number of non-ortho nitro benzene ring substituents is 1. The molecule has 8 heteroatoms. The van der Waals surface area contributed by atoms with E-state index in [1.165, 1.54) is 24.3 Å². The topological polar surface area (TPSA) is 89.4 Å². The molecule has 0 fully saturated rings. The Balaban J connectivity index is 2.73. The summed E-state index contributed by atoms with van der Waals surface area (Å²) in [5.74, 6) is 0. The Hall–Kier alpha value is -0.590.